The first kappa shape index (κ1) is 66.4. The Balaban J connectivity index is 4.30. The van der Waals surface area contributed by atoms with Crippen LogP contribution in [0.3, 0.4) is 0 Å². The molecule has 6 heteroatoms. The van der Waals surface area contributed by atoms with E-state index in [2.05, 4.69) is 34.6 Å². The van der Waals surface area contributed by atoms with Crippen LogP contribution in [0.25, 0.3) is 0 Å². The number of hydrogen-bond donors (Lipinski definition) is 0. The Morgan fingerprint density at radius 2 is 0.485 bits per heavy atom. The molecule has 0 saturated carbocycles. The predicted molar refractivity (Wildman–Crippen MR) is 293 cm³/mol. The van der Waals surface area contributed by atoms with Crippen molar-refractivity contribution in [1.29, 1.82) is 0 Å². The van der Waals surface area contributed by atoms with Crippen LogP contribution in [0.1, 0.15) is 349 Å². The van der Waals surface area contributed by atoms with Gasteiger partial charge in [0.15, 0.2) is 6.10 Å². The number of carbonyl (C=O) groups is 3. The molecule has 0 aromatic rings. The second-order valence-electron chi connectivity index (χ2n) is 22.3. The number of esters is 3. The highest BCUT2D eigenvalue weighted by molar-refractivity contribution is 5.71. The summed E-state index contributed by atoms with van der Waals surface area (Å²) in [5.74, 6) is 0.851. The molecule has 0 bridgehead atoms. The van der Waals surface area contributed by atoms with E-state index in [-0.39, 0.29) is 31.1 Å². The van der Waals surface area contributed by atoms with Gasteiger partial charge in [0.05, 0.1) is 0 Å². The number of ether oxygens (including phenoxy) is 3. The van der Waals surface area contributed by atoms with Crippen LogP contribution >= 0.6 is 0 Å². The molecule has 0 rings (SSSR count). The summed E-state index contributed by atoms with van der Waals surface area (Å²) in [5, 5.41) is 0. The minimum absolute atomic E-state index is 0.0622. The largest absolute Gasteiger partial charge is 0.462 e. The predicted octanol–water partition coefficient (Wildman–Crippen LogP) is 20.4. The average Bonchev–Trinajstić information content (AvgIpc) is 3.31. The van der Waals surface area contributed by atoms with Gasteiger partial charge >= 0.3 is 17.9 Å². The van der Waals surface area contributed by atoms with Gasteiger partial charge in [-0.15, -0.1) is 0 Å². The molecule has 0 aliphatic heterocycles. The summed E-state index contributed by atoms with van der Waals surface area (Å²) in [5.41, 5.74) is 0. The summed E-state index contributed by atoms with van der Waals surface area (Å²) in [4.78, 5) is 38.2. The van der Waals surface area contributed by atoms with Gasteiger partial charge in [0, 0.05) is 19.3 Å². The van der Waals surface area contributed by atoms with Crippen molar-refractivity contribution in [3.8, 4) is 0 Å². The van der Waals surface area contributed by atoms with Crippen molar-refractivity contribution >= 4 is 17.9 Å². The molecule has 1 atom stereocenters. The molecule has 0 unspecified atom stereocenters. The third-order valence-electron chi connectivity index (χ3n) is 14.2. The molecule has 404 valence electrons. The fourth-order valence-electron chi connectivity index (χ4n) is 9.58. The van der Waals surface area contributed by atoms with Crippen molar-refractivity contribution in [2.45, 2.75) is 355 Å². The van der Waals surface area contributed by atoms with Crippen LogP contribution in [0.2, 0.25) is 0 Å². The molecule has 0 spiro atoms. The zero-order valence-electron chi connectivity index (χ0n) is 46.7. The zero-order valence-corrected chi connectivity index (χ0v) is 46.7. The standard InChI is InChI=1S/C62H120O6/c1-6-7-8-9-10-11-12-13-14-15-16-23-29-34-39-44-49-54-62(65)68-59(56-67-61(64)53-48-43-38-33-28-24-19-21-26-31-36-41-46-51-58(4)5)55-66-60(63)52-47-42-37-32-27-22-18-17-20-25-30-35-40-45-50-57(2)3/h57-59H,6-56H2,1-5H3/t59-/m0/s1. The third kappa shape index (κ3) is 55.3. The number of hydrogen-bond acceptors (Lipinski definition) is 6. The zero-order chi connectivity index (χ0) is 49.6. The van der Waals surface area contributed by atoms with Gasteiger partial charge in [-0.05, 0) is 31.1 Å². The van der Waals surface area contributed by atoms with Gasteiger partial charge < -0.3 is 14.2 Å². The van der Waals surface area contributed by atoms with Crippen LogP contribution in [0.15, 0.2) is 0 Å². The van der Waals surface area contributed by atoms with E-state index in [1.165, 1.54) is 238 Å². The van der Waals surface area contributed by atoms with E-state index in [4.69, 9.17) is 14.2 Å². The highest BCUT2D eigenvalue weighted by Gasteiger charge is 2.19. The minimum Gasteiger partial charge on any atom is -0.462 e. The van der Waals surface area contributed by atoms with E-state index >= 15 is 0 Å². The number of carbonyl (C=O) groups excluding carboxylic acids is 3. The van der Waals surface area contributed by atoms with Crippen LogP contribution in [-0.2, 0) is 28.6 Å². The fourth-order valence-corrected chi connectivity index (χ4v) is 9.58. The van der Waals surface area contributed by atoms with Crippen molar-refractivity contribution in [3.63, 3.8) is 0 Å². The summed E-state index contributed by atoms with van der Waals surface area (Å²) in [6.07, 6.45) is 59.5. The Hall–Kier alpha value is -1.59. The maximum atomic E-state index is 12.9. The van der Waals surface area contributed by atoms with Crippen LogP contribution in [0.4, 0.5) is 0 Å². The molecule has 0 N–H and O–H groups in total. The lowest BCUT2D eigenvalue weighted by Crippen LogP contribution is -2.30. The van der Waals surface area contributed by atoms with Crippen LogP contribution in [-0.4, -0.2) is 37.2 Å². The molecule has 0 aliphatic carbocycles. The molecule has 0 fully saturated rings. The maximum absolute atomic E-state index is 12.9. The number of unbranched alkanes of at least 4 members (excludes halogenated alkanes) is 41. The molecule has 0 aromatic heterocycles. The first-order valence-corrected chi connectivity index (χ1v) is 30.7. The van der Waals surface area contributed by atoms with Crippen molar-refractivity contribution < 1.29 is 28.6 Å². The van der Waals surface area contributed by atoms with E-state index in [0.717, 1.165) is 69.6 Å². The van der Waals surface area contributed by atoms with E-state index in [1.807, 2.05) is 0 Å². The Labute approximate surface area is 425 Å². The Morgan fingerprint density at radius 3 is 0.721 bits per heavy atom. The van der Waals surface area contributed by atoms with Crippen LogP contribution in [0.5, 0.6) is 0 Å². The molecule has 0 aliphatic rings. The van der Waals surface area contributed by atoms with Crippen molar-refractivity contribution in [3.05, 3.63) is 0 Å². The van der Waals surface area contributed by atoms with Crippen molar-refractivity contribution in [2.24, 2.45) is 11.8 Å². The van der Waals surface area contributed by atoms with Gasteiger partial charge in [-0.1, -0.05) is 311 Å². The molecule has 68 heavy (non-hydrogen) atoms. The summed E-state index contributed by atoms with van der Waals surface area (Å²) >= 11 is 0. The molecular formula is C62H120O6. The molecule has 0 aromatic carbocycles. The monoisotopic (exact) mass is 961 g/mol. The minimum atomic E-state index is -0.763. The number of rotatable bonds is 56. The van der Waals surface area contributed by atoms with E-state index < -0.39 is 6.10 Å². The van der Waals surface area contributed by atoms with Crippen LogP contribution in [0, 0.1) is 11.8 Å². The van der Waals surface area contributed by atoms with Crippen molar-refractivity contribution in [2.75, 3.05) is 13.2 Å². The quantitative estimate of drug-likeness (QED) is 0.0343. The third-order valence-corrected chi connectivity index (χ3v) is 14.2. The van der Waals surface area contributed by atoms with Gasteiger partial charge in [0.25, 0.3) is 0 Å². The van der Waals surface area contributed by atoms with Gasteiger partial charge in [-0.3, -0.25) is 14.4 Å². The Morgan fingerprint density at radius 1 is 0.279 bits per heavy atom. The normalized spacial score (nSPS) is 12.0. The van der Waals surface area contributed by atoms with E-state index in [0.29, 0.717) is 19.3 Å². The fraction of sp³-hybridized carbons (Fsp3) is 0.952. The SMILES string of the molecule is CCCCCCCCCCCCCCCCCCCC(=O)O[C@@H](COC(=O)CCCCCCCCCCCCCCCCC(C)C)COC(=O)CCCCCCCCCCCCCCCC(C)C. The summed E-state index contributed by atoms with van der Waals surface area (Å²) in [6, 6.07) is 0. The summed E-state index contributed by atoms with van der Waals surface area (Å²) in [7, 11) is 0. The maximum Gasteiger partial charge on any atom is 0.306 e. The van der Waals surface area contributed by atoms with E-state index in [1.54, 1.807) is 0 Å². The first-order valence-electron chi connectivity index (χ1n) is 30.7. The lowest BCUT2D eigenvalue weighted by Gasteiger charge is -2.18. The van der Waals surface area contributed by atoms with Gasteiger partial charge in [0.1, 0.15) is 13.2 Å². The topological polar surface area (TPSA) is 78.9 Å². The van der Waals surface area contributed by atoms with Gasteiger partial charge in [0.2, 0.25) is 0 Å². The average molecular weight is 962 g/mol. The molecule has 0 radical (unpaired) electrons. The lowest BCUT2D eigenvalue weighted by atomic mass is 10.0. The van der Waals surface area contributed by atoms with Gasteiger partial charge in [-0.25, -0.2) is 0 Å². The highest BCUT2D eigenvalue weighted by Crippen LogP contribution is 2.19. The van der Waals surface area contributed by atoms with Crippen molar-refractivity contribution in [1.82, 2.24) is 0 Å². The highest BCUT2D eigenvalue weighted by atomic mass is 16.6. The molecule has 0 saturated heterocycles. The summed E-state index contributed by atoms with van der Waals surface area (Å²) in [6.45, 7) is 11.4. The van der Waals surface area contributed by atoms with Crippen LogP contribution < -0.4 is 0 Å². The lowest BCUT2D eigenvalue weighted by molar-refractivity contribution is -0.167. The Kier molecular flexibility index (Phi) is 53.5. The van der Waals surface area contributed by atoms with Gasteiger partial charge in [-0.2, -0.15) is 0 Å². The molecule has 0 amide bonds. The smallest absolute Gasteiger partial charge is 0.306 e. The molecular weight excluding hydrogens is 841 g/mol. The Bertz CT molecular complexity index is 1040. The first-order chi connectivity index (χ1) is 33.2. The molecule has 6 nitrogen and oxygen atoms in total. The molecule has 0 heterocycles. The van der Waals surface area contributed by atoms with E-state index in [9.17, 15) is 14.4 Å². The summed E-state index contributed by atoms with van der Waals surface area (Å²) < 4.78 is 16.9. The second kappa shape index (κ2) is 54.7. The second-order valence-corrected chi connectivity index (χ2v) is 22.3.